The summed E-state index contributed by atoms with van der Waals surface area (Å²) in [6.45, 7) is 5.95. The van der Waals surface area contributed by atoms with Gasteiger partial charge in [-0.25, -0.2) is 8.42 Å². The fourth-order valence-corrected chi connectivity index (χ4v) is 6.31. The van der Waals surface area contributed by atoms with Gasteiger partial charge in [-0.15, -0.1) is 0 Å². The van der Waals surface area contributed by atoms with Crippen molar-refractivity contribution in [1.82, 2.24) is 10.2 Å². The first-order valence-electron chi connectivity index (χ1n) is 13.9. The Bertz CT molecular complexity index is 1510. The van der Waals surface area contributed by atoms with E-state index in [4.69, 9.17) is 16.3 Å². The number of ether oxygens (including phenoxy) is 1. The second-order valence-corrected chi connectivity index (χ2v) is 14.6. The number of amides is 2. The third-order valence-corrected chi connectivity index (χ3v) is 8.57. The van der Waals surface area contributed by atoms with E-state index in [0.717, 1.165) is 21.9 Å². The van der Waals surface area contributed by atoms with Gasteiger partial charge in [-0.05, 0) is 68.7 Å². The van der Waals surface area contributed by atoms with Crippen LogP contribution in [0.5, 0.6) is 5.75 Å². The zero-order chi connectivity index (χ0) is 31.8. The van der Waals surface area contributed by atoms with Crippen LogP contribution in [0.4, 0.5) is 5.69 Å². The summed E-state index contributed by atoms with van der Waals surface area (Å²) in [4.78, 5) is 29.3. The van der Waals surface area contributed by atoms with Crippen molar-refractivity contribution >= 4 is 55.1 Å². The minimum absolute atomic E-state index is 0.0258. The van der Waals surface area contributed by atoms with Crippen molar-refractivity contribution < 1.29 is 22.7 Å². The molecule has 2 amide bonds. The first-order valence-corrected chi connectivity index (χ1v) is 16.9. The van der Waals surface area contributed by atoms with E-state index in [1.54, 1.807) is 17.0 Å². The highest BCUT2D eigenvalue weighted by molar-refractivity contribution is 9.10. The molecule has 1 atom stereocenters. The minimum Gasteiger partial charge on any atom is -0.495 e. The Hall–Kier alpha value is -3.08. The predicted octanol–water partition coefficient (Wildman–Crippen LogP) is 6.21. The highest BCUT2D eigenvalue weighted by Crippen LogP contribution is 2.30. The van der Waals surface area contributed by atoms with Crippen LogP contribution in [0.2, 0.25) is 5.02 Å². The Balaban J connectivity index is 1.91. The summed E-state index contributed by atoms with van der Waals surface area (Å²) in [5.41, 5.74) is 1.64. The summed E-state index contributed by atoms with van der Waals surface area (Å²) in [5, 5.41) is 3.33. The molecule has 0 heterocycles. The summed E-state index contributed by atoms with van der Waals surface area (Å²) < 4.78 is 32.7. The summed E-state index contributed by atoms with van der Waals surface area (Å²) >= 11 is 9.76. The Morgan fingerprint density at radius 3 is 2.26 bits per heavy atom. The van der Waals surface area contributed by atoms with Crippen LogP contribution in [-0.4, -0.2) is 56.6 Å². The van der Waals surface area contributed by atoms with Crippen LogP contribution < -0.4 is 14.4 Å². The van der Waals surface area contributed by atoms with E-state index in [9.17, 15) is 18.0 Å². The Labute approximate surface area is 268 Å². The molecule has 3 rings (SSSR count). The standard InChI is InChI=1S/C32H39BrClN3O5S/c1-32(2,3)35-31(39)28(20-23-11-7-6-8-12-23)36(22-24-13-9-14-25(33)19-24)30(38)15-10-18-37(43(5,40)41)26-16-17-29(42-4)27(34)21-26/h6-9,11-14,16-17,19,21,28H,10,15,18,20,22H2,1-5H3,(H,35,39). The number of benzene rings is 3. The number of sulfonamides is 1. The topological polar surface area (TPSA) is 96.0 Å². The van der Waals surface area contributed by atoms with Crippen LogP contribution in [0.25, 0.3) is 0 Å². The number of carbonyl (C=O) groups is 2. The van der Waals surface area contributed by atoms with E-state index in [2.05, 4.69) is 21.2 Å². The summed E-state index contributed by atoms with van der Waals surface area (Å²) in [5.74, 6) is -0.0910. The number of rotatable bonds is 13. The first kappa shape index (κ1) is 34.4. The molecule has 0 aromatic heterocycles. The van der Waals surface area contributed by atoms with Gasteiger partial charge in [0.15, 0.2) is 0 Å². The number of methoxy groups -OCH3 is 1. The van der Waals surface area contributed by atoms with Gasteiger partial charge < -0.3 is 15.0 Å². The summed E-state index contributed by atoms with van der Waals surface area (Å²) in [6.07, 6.45) is 1.68. The predicted molar refractivity (Wildman–Crippen MR) is 176 cm³/mol. The smallest absolute Gasteiger partial charge is 0.243 e. The average molecular weight is 693 g/mol. The fraction of sp³-hybridized carbons (Fsp3) is 0.375. The summed E-state index contributed by atoms with van der Waals surface area (Å²) in [7, 11) is -2.20. The maximum Gasteiger partial charge on any atom is 0.243 e. The van der Waals surface area contributed by atoms with Crippen molar-refractivity contribution in [2.45, 2.75) is 58.2 Å². The monoisotopic (exact) mass is 691 g/mol. The molecule has 3 aromatic rings. The van der Waals surface area contributed by atoms with E-state index in [-0.39, 0.29) is 42.8 Å². The number of hydrogen-bond donors (Lipinski definition) is 1. The van der Waals surface area contributed by atoms with Crippen LogP contribution in [0, 0.1) is 0 Å². The largest absolute Gasteiger partial charge is 0.495 e. The molecule has 0 aliphatic rings. The van der Waals surface area contributed by atoms with Crippen LogP contribution in [0.3, 0.4) is 0 Å². The Morgan fingerprint density at radius 2 is 1.67 bits per heavy atom. The highest BCUT2D eigenvalue weighted by atomic mass is 79.9. The minimum atomic E-state index is -3.68. The lowest BCUT2D eigenvalue weighted by molar-refractivity contribution is -0.142. The lowest BCUT2D eigenvalue weighted by Crippen LogP contribution is -2.54. The van der Waals surface area contributed by atoms with E-state index >= 15 is 0 Å². The van der Waals surface area contributed by atoms with E-state index < -0.39 is 21.6 Å². The van der Waals surface area contributed by atoms with Crippen molar-refractivity contribution in [1.29, 1.82) is 0 Å². The van der Waals surface area contributed by atoms with Crippen LogP contribution >= 0.6 is 27.5 Å². The van der Waals surface area contributed by atoms with Crippen molar-refractivity contribution in [3.8, 4) is 5.75 Å². The quantitative estimate of drug-likeness (QED) is 0.230. The number of carbonyl (C=O) groups excluding carboxylic acids is 2. The third-order valence-electron chi connectivity index (χ3n) is 6.59. The van der Waals surface area contributed by atoms with Gasteiger partial charge in [0.2, 0.25) is 21.8 Å². The maximum absolute atomic E-state index is 14.0. The fourth-order valence-electron chi connectivity index (χ4n) is 4.65. The molecule has 0 fully saturated rings. The zero-order valence-corrected chi connectivity index (χ0v) is 28.3. The molecule has 232 valence electrons. The molecular formula is C32H39BrClN3O5S. The number of anilines is 1. The zero-order valence-electron chi connectivity index (χ0n) is 25.1. The van der Waals surface area contributed by atoms with Gasteiger partial charge in [0.05, 0.1) is 24.1 Å². The molecule has 0 bridgehead atoms. The lowest BCUT2D eigenvalue weighted by atomic mass is 10.00. The molecule has 0 radical (unpaired) electrons. The molecule has 0 saturated carbocycles. The maximum atomic E-state index is 14.0. The lowest BCUT2D eigenvalue weighted by Gasteiger charge is -2.34. The van der Waals surface area contributed by atoms with E-state index in [0.29, 0.717) is 17.9 Å². The number of nitrogens with zero attached hydrogens (tertiary/aromatic N) is 2. The number of halogens is 2. The molecule has 8 nitrogen and oxygen atoms in total. The molecule has 0 spiro atoms. The molecule has 1 N–H and O–H groups in total. The molecule has 43 heavy (non-hydrogen) atoms. The highest BCUT2D eigenvalue weighted by Gasteiger charge is 2.32. The van der Waals surface area contributed by atoms with Crippen LogP contribution in [0.1, 0.15) is 44.7 Å². The molecular weight excluding hydrogens is 654 g/mol. The number of nitrogens with one attached hydrogen (secondary N) is 1. The Kier molecular flexibility index (Phi) is 12.1. The number of hydrogen-bond acceptors (Lipinski definition) is 5. The van der Waals surface area contributed by atoms with E-state index in [1.807, 2.05) is 75.4 Å². The molecule has 11 heteroatoms. The van der Waals surface area contributed by atoms with Crippen molar-refractivity contribution in [2.75, 3.05) is 24.2 Å². The van der Waals surface area contributed by atoms with Crippen molar-refractivity contribution in [3.63, 3.8) is 0 Å². The van der Waals surface area contributed by atoms with Gasteiger partial charge in [-0.1, -0.05) is 70.0 Å². The normalized spacial score (nSPS) is 12.3. The van der Waals surface area contributed by atoms with Gasteiger partial charge in [0.25, 0.3) is 0 Å². The molecule has 0 aliphatic carbocycles. The Morgan fingerprint density at radius 1 is 1.00 bits per heavy atom. The van der Waals surface area contributed by atoms with Gasteiger partial charge in [-0.3, -0.25) is 13.9 Å². The van der Waals surface area contributed by atoms with Crippen molar-refractivity contribution in [2.24, 2.45) is 0 Å². The van der Waals surface area contributed by atoms with Crippen molar-refractivity contribution in [3.05, 3.63) is 93.4 Å². The van der Waals surface area contributed by atoms with Gasteiger partial charge in [-0.2, -0.15) is 0 Å². The molecule has 1 unspecified atom stereocenters. The third kappa shape index (κ3) is 10.5. The van der Waals surface area contributed by atoms with E-state index in [1.165, 1.54) is 17.5 Å². The van der Waals surface area contributed by atoms with Crippen LogP contribution in [-0.2, 0) is 32.6 Å². The first-order chi connectivity index (χ1) is 20.2. The average Bonchev–Trinajstić information content (AvgIpc) is 2.92. The van der Waals surface area contributed by atoms with Gasteiger partial charge >= 0.3 is 0 Å². The second kappa shape index (κ2) is 15.1. The van der Waals surface area contributed by atoms with Gasteiger partial charge in [0, 0.05) is 35.9 Å². The van der Waals surface area contributed by atoms with Crippen LogP contribution in [0.15, 0.2) is 77.3 Å². The molecule has 0 aliphatic heterocycles. The SMILES string of the molecule is COc1ccc(N(CCCC(=O)N(Cc2cccc(Br)c2)C(Cc2ccccc2)C(=O)NC(C)(C)C)S(C)(=O)=O)cc1Cl. The molecule has 3 aromatic carbocycles. The second-order valence-electron chi connectivity index (χ2n) is 11.4. The van der Waals surface area contributed by atoms with Gasteiger partial charge in [0.1, 0.15) is 11.8 Å². The molecule has 0 saturated heterocycles. The summed E-state index contributed by atoms with van der Waals surface area (Å²) in [6, 6.07) is 21.1.